The van der Waals surface area contributed by atoms with Gasteiger partial charge in [0, 0.05) is 6.54 Å². The van der Waals surface area contributed by atoms with Crippen LogP contribution in [-0.2, 0) is 6.54 Å². The van der Waals surface area contributed by atoms with Crippen LogP contribution >= 0.6 is 11.3 Å². The number of hydrogen-bond donors (Lipinski definition) is 2. The highest BCUT2D eigenvalue weighted by atomic mass is 32.1. The Morgan fingerprint density at radius 2 is 2.06 bits per heavy atom. The van der Waals surface area contributed by atoms with E-state index in [1.165, 1.54) is 11.3 Å². The quantitative estimate of drug-likeness (QED) is 0.889. The highest BCUT2D eigenvalue weighted by molar-refractivity contribution is 7.14. The molecule has 0 saturated heterocycles. The van der Waals surface area contributed by atoms with E-state index in [0.717, 1.165) is 16.3 Å². The molecule has 0 aliphatic carbocycles. The molecule has 2 N–H and O–H groups in total. The summed E-state index contributed by atoms with van der Waals surface area (Å²) in [5.74, 6) is 0.807. The van der Waals surface area contributed by atoms with Crippen molar-refractivity contribution in [2.75, 3.05) is 12.4 Å². The van der Waals surface area contributed by atoms with Gasteiger partial charge in [0.1, 0.15) is 5.75 Å². The van der Waals surface area contributed by atoms with Crippen molar-refractivity contribution >= 4 is 22.4 Å². The van der Waals surface area contributed by atoms with E-state index < -0.39 is 0 Å². The fourth-order valence-electron chi connectivity index (χ4n) is 1.43. The number of carbonyl (C=O) groups excluding carboxylic acids is 1. The van der Waals surface area contributed by atoms with Crippen LogP contribution < -0.4 is 15.4 Å². The maximum Gasteiger partial charge on any atom is 0.320 e. The molecule has 94 valence electrons. The predicted molar refractivity (Wildman–Crippen MR) is 73.2 cm³/mol. The number of nitrogens with one attached hydrogen (secondary N) is 2. The van der Waals surface area contributed by atoms with Gasteiger partial charge in [-0.2, -0.15) is 0 Å². The summed E-state index contributed by atoms with van der Waals surface area (Å²) in [6, 6.07) is 11.1. The number of ether oxygens (including phenoxy) is 1. The Kier molecular flexibility index (Phi) is 4.20. The standard InChI is InChI=1S/C13H14N2O2S/c1-17-11-6-4-10(5-7-11)9-14-13(16)15-12-3-2-8-18-12/h2-8H,9H2,1H3,(H2,14,15,16). The van der Waals surface area contributed by atoms with Gasteiger partial charge in [-0.25, -0.2) is 4.79 Å². The van der Waals surface area contributed by atoms with Crippen LogP contribution in [0.5, 0.6) is 5.75 Å². The van der Waals surface area contributed by atoms with Crippen molar-refractivity contribution in [1.29, 1.82) is 0 Å². The molecule has 0 unspecified atom stereocenters. The normalized spacial score (nSPS) is 9.83. The second-order valence-electron chi connectivity index (χ2n) is 3.63. The van der Waals surface area contributed by atoms with Crippen LogP contribution in [0.1, 0.15) is 5.56 Å². The van der Waals surface area contributed by atoms with E-state index in [9.17, 15) is 4.79 Å². The SMILES string of the molecule is COc1ccc(CNC(=O)Nc2cccs2)cc1. The van der Waals surface area contributed by atoms with Gasteiger partial charge in [-0.05, 0) is 35.2 Å². The number of rotatable bonds is 4. The van der Waals surface area contributed by atoms with E-state index in [-0.39, 0.29) is 6.03 Å². The first-order chi connectivity index (χ1) is 8.78. The first-order valence-electron chi connectivity index (χ1n) is 5.49. The molecule has 0 fully saturated rings. The molecule has 0 aliphatic rings. The molecular weight excluding hydrogens is 248 g/mol. The minimum absolute atomic E-state index is 0.201. The van der Waals surface area contributed by atoms with E-state index in [2.05, 4.69) is 10.6 Å². The van der Waals surface area contributed by atoms with Crippen LogP contribution in [0.2, 0.25) is 0 Å². The molecular formula is C13H14N2O2S. The number of thiophene rings is 1. The number of anilines is 1. The van der Waals surface area contributed by atoms with Crippen LogP contribution in [0.3, 0.4) is 0 Å². The summed E-state index contributed by atoms with van der Waals surface area (Å²) in [6.07, 6.45) is 0. The first kappa shape index (κ1) is 12.4. The van der Waals surface area contributed by atoms with Gasteiger partial charge in [-0.3, -0.25) is 5.32 Å². The van der Waals surface area contributed by atoms with Crippen LogP contribution in [0.25, 0.3) is 0 Å². The third-order valence-electron chi connectivity index (χ3n) is 2.37. The molecule has 0 atom stereocenters. The molecule has 1 heterocycles. The number of urea groups is 1. The Labute approximate surface area is 110 Å². The Balaban J connectivity index is 1.81. The number of hydrogen-bond acceptors (Lipinski definition) is 3. The zero-order chi connectivity index (χ0) is 12.8. The smallest absolute Gasteiger partial charge is 0.320 e. The molecule has 4 nitrogen and oxygen atoms in total. The van der Waals surface area contributed by atoms with Gasteiger partial charge in [0.2, 0.25) is 0 Å². The number of benzene rings is 1. The lowest BCUT2D eigenvalue weighted by atomic mass is 10.2. The van der Waals surface area contributed by atoms with E-state index in [1.54, 1.807) is 7.11 Å². The zero-order valence-electron chi connectivity index (χ0n) is 9.97. The van der Waals surface area contributed by atoms with E-state index in [0.29, 0.717) is 6.54 Å². The van der Waals surface area contributed by atoms with Gasteiger partial charge in [0.15, 0.2) is 0 Å². The maximum atomic E-state index is 11.6. The van der Waals surface area contributed by atoms with E-state index in [1.807, 2.05) is 41.8 Å². The van der Waals surface area contributed by atoms with Crippen molar-refractivity contribution in [3.8, 4) is 5.75 Å². The second kappa shape index (κ2) is 6.07. The molecule has 0 bridgehead atoms. The van der Waals surface area contributed by atoms with Gasteiger partial charge in [-0.15, -0.1) is 11.3 Å². The third kappa shape index (κ3) is 3.49. The number of carbonyl (C=O) groups is 1. The molecule has 0 aliphatic heterocycles. The molecule has 18 heavy (non-hydrogen) atoms. The summed E-state index contributed by atoms with van der Waals surface area (Å²) in [6.45, 7) is 0.487. The molecule has 1 aromatic carbocycles. The van der Waals surface area contributed by atoms with Crippen LogP contribution in [0, 0.1) is 0 Å². The molecule has 2 amide bonds. The summed E-state index contributed by atoms with van der Waals surface area (Å²) >= 11 is 1.49. The lowest BCUT2D eigenvalue weighted by Gasteiger charge is -2.06. The fraction of sp³-hybridized carbons (Fsp3) is 0.154. The maximum absolute atomic E-state index is 11.6. The lowest BCUT2D eigenvalue weighted by Crippen LogP contribution is -2.27. The van der Waals surface area contributed by atoms with Crippen LogP contribution in [0.15, 0.2) is 41.8 Å². The number of amides is 2. The Hall–Kier alpha value is -2.01. The summed E-state index contributed by atoms with van der Waals surface area (Å²) in [7, 11) is 1.63. The van der Waals surface area contributed by atoms with Gasteiger partial charge in [-0.1, -0.05) is 12.1 Å². The molecule has 0 radical (unpaired) electrons. The van der Waals surface area contributed by atoms with E-state index in [4.69, 9.17) is 4.74 Å². The van der Waals surface area contributed by atoms with Gasteiger partial charge in [0.05, 0.1) is 12.1 Å². The van der Waals surface area contributed by atoms with Crippen molar-refractivity contribution in [3.05, 3.63) is 47.3 Å². The first-order valence-corrected chi connectivity index (χ1v) is 6.37. The average molecular weight is 262 g/mol. The van der Waals surface area contributed by atoms with Crippen molar-refractivity contribution in [3.63, 3.8) is 0 Å². The minimum Gasteiger partial charge on any atom is -0.497 e. The van der Waals surface area contributed by atoms with E-state index >= 15 is 0 Å². The van der Waals surface area contributed by atoms with Gasteiger partial charge >= 0.3 is 6.03 Å². The van der Waals surface area contributed by atoms with Crippen molar-refractivity contribution in [2.45, 2.75) is 6.54 Å². The third-order valence-corrected chi connectivity index (χ3v) is 3.16. The lowest BCUT2D eigenvalue weighted by molar-refractivity contribution is 0.252. The highest BCUT2D eigenvalue weighted by Gasteiger charge is 2.02. The summed E-state index contributed by atoms with van der Waals surface area (Å²) in [5, 5.41) is 8.30. The highest BCUT2D eigenvalue weighted by Crippen LogP contribution is 2.14. The minimum atomic E-state index is -0.201. The molecule has 1 aromatic heterocycles. The second-order valence-corrected chi connectivity index (χ2v) is 4.58. The fourth-order valence-corrected chi connectivity index (χ4v) is 2.04. The van der Waals surface area contributed by atoms with Crippen molar-refractivity contribution < 1.29 is 9.53 Å². The molecule has 0 saturated carbocycles. The molecule has 5 heteroatoms. The predicted octanol–water partition coefficient (Wildman–Crippen LogP) is 3.08. The van der Waals surface area contributed by atoms with Crippen molar-refractivity contribution in [2.24, 2.45) is 0 Å². The average Bonchev–Trinajstić information content (AvgIpc) is 2.90. The summed E-state index contributed by atoms with van der Waals surface area (Å²) in [4.78, 5) is 11.6. The molecule has 2 aromatic rings. The van der Waals surface area contributed by atoms with Crippen LogP contribution in [0.4, 0.5) is 9.80 Å². The van der Waals surface area contributed by atoms with Crippen molar-refractivity contribution in [1.82, 2.24) is 5.32 Å². The number of methoxy groups -OCH3 is 1. The molecule has 2 rings (SSSR count). The largest absolute Gasteiger partial charge is 0.497 e. The van der Waals surface area contributed by atoms with Crippen LogP contribution in [-0.4, -0.2) is 13.1 Å². The van der Waals surface area contributed by atoms with Gasteiger partial charge < -0.3 is 10.1 Å². The molecule has 0 spiro atoms. The Morgan fingerprint density at radius 3 is 2.67 bits per heavy atom. The summed E-state index contributed by atoms with van der Waals surface area (Å²) < 4.78 is 5.07. The Bertz CT molecular complexity index is 494. The van der Waals surface area contributed by atoms with Gasteiger partial charge in [0.25, 0.3) is 0 Å². The topological polar surface area (TPSA) is 50.4 Å². The monoisotopic (exact) mass is 262 g/mol. The summed E-state index contributed by atoms with van der Waals surface area (Å²) in [5.41, 5.74) is 1.03. The Morgan fingerprint density at radius 1 is 1.28 bits per heavy atom. The zero-order valence-corrected chi connectivity index (χ0v) is 10.8.